The molecule has 0 amide bonds. The van der Waals surface area contributed by atoms with Crippen molar-refractivity contribution in [3.05, 3.63) is 0 Å². The lowest BCUT2D eigenvalue weighted by Gasteiger charge is -2.03. The smallest absolute Gasteiger partial charge is 0.156 e. The van der Waals surface area contributed by atoms with Gasteiger partial charge in [0, 0.05) is 12.3 Å². The molecule has 0 aromatic heterocycles. The topological polar surface area (TPSA) is 24.4 Å². The van der Waals surface area contributed by atoms with Gasteiger partial charge in [0.15, 0.2) is 5.17 Å². The maximum Gasteiger partial charge on any atom is 0.156 e. The highest BCUT2D eigenvalue weighted by Crippen LogP contribution is 2.10. The van der Waals surface area contributed by atoms with Crippen LogP contribution in [0.1, 0.15) is 20.3 Å². The van der Waals surface area contributed by atoms with Crippen LogP contribution in [0.5, 0.6) is 0 Å². The molecule has 1 aliphatic heterocycles. The third-order valence-corrected chi connectivity index (χ3v) is 2.56. The summed E-state index contributed by atoms with van der Waals surface area (Å²) in [4.78, 5) is 4.30. The molecular formula is C8H16N2S. The zero-order valence-electron chi connectivity index (χ0n) is 7.26. The number of aliphatic imine (C=N–C) groups is 1. The minimum absolute atomic E-state index is 0.810. The van der Waals surface area contributed by atoms with E-state index in [1.165, 1.54) is 12.2 Å². The highest BCUT2D eigenvalue weighted by atomic mass is 32.2. The van der Waals surface area contributed by atoms with Crippen molar-refractivity contribution in [3.63, 3.8) is 0 Å². The minimum Gasteiger partial charge on any atom is -0.363 e. The first kappa shape index (κ1) is 8.91. The molecule has 0 saturated carbocycles. The van der Waals surface area contributed by atoms with E-state index in [1.54, 1.807) is 0 Å². The second-order valence-corrected chi connectivity index (χ2v) is 4.23. The summed E-state index contributed by atoms with van der Waals surface area (Å²) in [7, 11) is 0. The molecule has 0 aromatic carbocycles. The first-order chi connectivity index (χ1) is 5.29. The highest BCUT2D eigenvalue weighted by Gasteiger charge is 2.04. The predicted octanol–water partition coefficient (Wildman–Crippen LogP) is 1.72. The van der Waals surface area contributed by atoms with Crippen LogP contribution in [-0.2, 0) is 0 Å². The van der Waals surface area contributed by atoms with Crippen LogP contribution in [0.3, 0.4) is 0 Å². The largest absolute Gasteiger partial charge is 0.363 e. The quantitative estimate of drug-likeness (QED) is 0.701. The molecule has 0 spiro atoms. The minimum atomic E-state index is 0.810. The molecule has 1 heterocycles. The van der Waals surface area contributed by atoms with Crippen molar-refractivity contribution < 1.29 is 0 Å². The molecule has 0 atom stereocenters. The molecule has 0 unspecified atom stereocenters. The van der Waals surface area contributed by atoms with E-state index in [4.69, 9.17) is 0 Å². The van der Waals surface area contributed by atoms with Gasteiger partial charge >= 0.3 is 0 Å². The summed E-state index contributed by atoms with van der Waals surface area (Å²) in [5.41, 5.74) is 0. The Morgan fingerprint density at radius 1 is 1.64 bits per heavy atom. The van der Waals surface area contributed by atoms with Gasteiger partial charge in [-0.2, -0.15) is 0 Å². The molecule has 0 bridgehead atoms. The van der Waals surface area contributed by atoms with Gasteiger partial charge in [-0.05, 0) is 12.3 Å². The maximum absolute atomic E-state index is 4.30. The normalized spacial score (nSPS) is 16.8. The molecule has 11 heavy (non-hydrogen) atoms. The average molecular weight is 172 g/mol. The molecule has 0 radical (unpaired) electrons. The van der Waals surface area contributed by atoms with Crippen molar-refractivity contribution in [2.24, 2.45) is 10.9 Å². The molecule has 0 aliphatic carbocycles. The van der Waals surface area contributed by atoms with Crippen LogP contribution >= 0.6 is 11.8 Å². The SMILES string of the molecule is CC(C)CCSC1=NCCN1. The molecule has 0 aromatic rings. The molecule has 1 N–H and O–H groups in total. The van der Waals surface area contributed by atoms with Gasteiger partial charge in [-0.25, -0.2) is 0 Å². The van der Waals surface area contributed by atoms with Crippen molar-refractivity contribution >= 4 is 16.9 Å². The molecule has 2 nitrogen and oxygen atoms in total. The summed E-state index contributed by atoms with van der Waals surface area (Å²) >= 11 is 1.85. The lowest BCUT2D eigenvalue weighted by Crippen LogP contribution is -2.15. The van der Waals surface area contributed by atoms with Gasteiger partial charge in [-0.1, -0.05) is 25.6 Å². The summed E-state index contributed by atoms with van der Waals surface area (Å²) in [6.45, 7) is 6.50. The van der Waals surface area contributed by atoms with Crippen molar-refractivity contribution in [1.29, 1.82) is 0 Å². The van der Waals surface area contributed by atoms with Gasteiger partial charge in [-0.15, -0.1) is 0 Å². The van der Waals surface area contributed by atoms with Gasteiger partial charge in [0.1, 0.15) is 0 Å². The van der Waals surface area contributed by atoms with Gasteiger partial charge in [-0.3, -0.25) is 4.99 Å². The summed E-state index contributed by atoms with van der Waals surface area (Å²) in [5, 5.41) is 4.39. The zero-order chi connectivity index (χ0) is 8.10. The van der Waals surface area contributed by atoms with E-state index in [-0.39, 0.29) is 0 Å². The van der Waals surface area contributed by atoms with Gasteiger partial charge in [0.25, 0.3) is 0 Å². The number of hydrogen-bond donors (Lipinski definition) is 1. The summed E-state index contributed by atoms with van der Waals surface area (Å²) in [6.07, 6.45) is 1.28. The highest BCUT2D eigenvalue weighted by molar-refractivity contribution is 8.13. The van der Waals surface area contributed by atoms with E-state index in [2.05, 4.69) is 24.2 Å². The number of nitrogens with zero attached hydrogens (tertiary/aromatic N) is 1. The number of thioether (sulfide) groups is 1. The summed E-state index contributed by atoms with van der Waals surface area (Å²) in [5.74, 6) is 2.01. The predicted molar refractivity (Wildman–Crippen MR) is 52.2 cm³/mol. The van der Waals surface area contributed by atoms with Crippen molar-refractivity contribution in [3.8, 4) is 0 Å². The van der Waals surface area contributed by atoms with Crippen molar-refractivity contribution in [2.45, 2.75) is 20.3 Å². The Balaban J connectivity index is 2.03. The van der Waals surface area contributed by atoms with Gasteiger partial charge < -0.3 is 5.32 Å². The number of amidine groups is 1. The van der Waals surface area contributed by atoms with E-state index in [0.717, 1.165) is 24.2 Å². The Bertz CT molecular complexity index is 143. The van der Waals surface area contributed by atoms with Crippen LogP contribution in [0.25, 0.3) is 0 Å². The fourth-order valence-electron chi connectivity index (χ4n) is 0.864. The van der Waals surface area contributed by atoms with Crippen LogP contribution in [-0.4, -0.2) is 24.0 Å². The molecule has 64 valence electrons. The maximum atomic E-state index is 4.30. The first-order valence-corrected chi connectivity index (χ1v) is 5.18. The standard InChI is InChI=1S/C8H16N2S/c1-7(2)3-6-11-8-9-4-5-10-8/h7H,3-6H2,1-2H3,(H,9,10). The van der Waals surface area contributed by atoms with E-state index in [1.807, 2.05) is 11.8 Å². The number of nitrogens with one attached hydrogen (secondary N) is 1. The lowest BCUT2D eigenvalue weighted by atomic mass is 10.2. The van der Waals surface area contributed by atoms with Gasteiger partial charge in [0.05, 0.1) is 6.54 Å². The van der Waals surface area contributed by atoms with Gasteiger partial charge in [0.2, 0.25) is 0 Å². The van der Waals surface area contributed by atoms with E-state index >= 15 is 0 Å². The molecule has 1 rings (SSSR count). The zero-order valence-corrected chi connectivity index (χ0v) is 8.08. The Labute approximate surface area is 72.9 Å². The summed E-state index contributed by atoms with van der Waals surface area (Å²) < 4.78 is 0. The fraction of sp³-hybridized carbons (Fsp3) is 0.875. The molecule has 3 heteroatoms. The van der Waals surface area contributed by atoms with E-state index < -0.39 is 0 Å². The Kier molecular flexibility index (Phi) is 3.77. The van der Waals surface area contributed by atoms with Crippen LogP contribution in [0.2, 0.25) is 0 Å². The van der Waals surface area contributed by atoms with E-state index in [9.17, 15) is 0 Å². The fourth-order valence-corrected chi connectivity index (χ4v) is 2.03. The molecule has 0 fully saturated rings. The van der Waals surface area contributed by atoms with Crippen LogP contribution in [0.4, 0.5) is 0 Å². The second kappa shape index (κ2) is 4.65. The third-order valence-electron chi connectivity index (χ3n) is 1.58. The number of rotatable bonds is 3. The Hall–Kier alpha value is -0.180. The average Bonchev–Trinajstić information content (AvgIpc) is 2.39. The van der Waals surface area contributed by atoms with Crippen LogP contribution in [0.15, 0.2) is 4.99 Å². The number of hydrogen-bond acceptors (Lipinski definition) is 3. The summed E-state index contributed by atoms with van der Waals surface area (Å²) in [6, 6.07) is 0. The lowest BCUT2D eigenvalue weighted by molar-refractivity contribution is 0.632. The van der Waals surface area contributed by atoms with Crippen LogP contribution < -0.4 is 5.32 Å². The Morgan fingerprint density at radius 3 is 3.00 bits per heavy atom. The molecule has 1 aliphatic rings. The molecular weight excluding hydrogens is 156 g/mol. The van der Waals surface area contributed by atoms with E-state index in [0.29, 0.717) is 0 Å². The molecule has 0 saturated heterocycles. The monoisotopic (exact) mass is 172 g/mol. The second-order valence-electron chi connectivity index (χ2n) is 3.14. The van der Waals surface area contributed by atoms with Crippen molar-refractivity contribution in [1.82, 2.24) is 5.32 Å². The first-order valence-electron chi connectivity index (χ1n) is 4.20. The van der Waals surface area contributed by atoms with Crippen LogP contribution in [0, 0.1) is 5.92 Å². The Morgan fingerprint density at radius 2 is 2.45 bits per heavy atom. The third kappa shape index (κ3) is 3.65. The van der Waals surface area contributed by atoms with Crippen molar-refractivity contribution in [2.75, 3.05) is 18.8 Å².